The summed E-state index contributed by atoms with van der Waals surface area (Å²) in [4.78, 5) is 14.6. The van der Waals surface area contributed by atoms with Crippen molar-refractivity contribution in [2.24, 2.45) is 5.92 Å². The van der Waals surface area contributed by atoms with Gasteiger partial charge in [-0.3, -0.25) is 10.1 Å². The lowest BCUT2D eigenvalue weighted by Crippen LogP contribution is -2.43. The van der Waals surface area contributed by atoms with Crippen LogP contribution in [0.25, 0.3) is 0 Å². The van der Waals surface area contributed by atoms with Crippen molar-refractivity contribution in [2.45, 2.75) is 44.8 Å². The average molecular weight is 276 g/mol. The average Bonchev–Trinajstić information content (AvgIpc) is 3.21. The molecule has 0 radical (unpaired) electrons. The van der Waals surface area contributed by atoms with Crippen molar-refractivity contribution in [2.75, 3.05) is 6.54 Å². The van der Waals surface area contributed by atoms with Gasteiger partial charge in [-0.25, -0.2) is 4.39 Å². The standard InChI is InChI=1S/C16H21FN2O/c1-3-16(2)15(20)19(10-11-7-8-11)14(18-16)12-5-4-6-13(17)9-12/h4-6,9,11,14,18H,3,7-8,10H2,1-2H3. The molecule has 3 nitrogen and oxygen atoms in total. The van der Waals surface area contributed by atoms with Crippen molar-refractivity contribution in [3.63, 3.8) is 0 Å². The van der Waals surface area contributed by atoms with Crippen LogP contribution in [-0.2, 0) is 4.79 Å². The molecular weight excluding hydrogens is 255 g/mol. The molecule has 1 saturated carbocycles. The van der Waals surface area contributed by atoms with E-state index in [1.807, 2.05) is 24.8 Å². The van der Waals surface area contributed by atoms with Gasteiger partial charge in [0.05, 0.1) is 5.54 Å². The van der Waals surface area contributed by atoms with E-state index < -0.39 is 5.54 Å². The smallest absolute Gasteiger partial charge is 0.244 e. The first-order valence-corrected chi connectivity index (χ1v) is 7.38. The number of nitrogens with one attached hydrogen (secondary N) is 1. The molecule has 0 spiro atoms. The summed E-state index contributed by atoms with van der Waals surface area (Å²) in [5, 5.41) is 3.40. The monoisotopic (exact) mass is 276 g/mol. The Kier molecular flexibility index (Phi) is 3.28. The molecule has 1 heterocycles. The molecule has 20 heavy (non-hydrogen) atoms. The SMILES string of the molecule is CCC1(C)NC(c2cccc(F)c2)N(CC2CC2)C1=O. The van der Waals surface area contributed by atoms with Gasteiger partial charge in [-0.05, 0) is 49.8 Å². The molecule has 3 rings (SSSR count). The Morgan fingerprint density at radius 1 is 1.45 bits per heavy atom. The van der Waals surface area contributed by atoms with Crippen LogP contribution in [0.5, 0.6) is 0 Å². The number of carbonyl (C=O) groups excluding carboxylic acids is 1. The maximum Gasteiger partial charge on any atom is 0.244 e. The lowest BCUT2D eigenvalue weighted by molar-refractivity contribution is -0.133. The van der Waals surface area contributed by atoms with E-state index in [1.54, 1.807) is 6.07 Å². The fraction of sp³-hybridized carbons (Fsp3) is 0.562. The number of benzene rings is 1. The van der Waals surface area contributed by atoms with E-state index in [0.717, 1.165) is 18.5 Å². The van der Waals surface area contributed by atoms with Gasteiger partial charge in [0.15, 0.2) is 0 Å². The Labute approximate surface area is 119 Å². The predicted molar refractivity (Wildman–Crippen MR) is 75.4 cm³/mol. The van der Waals surface area contributed by atoms with Crippen molar-refractivity contribution in [1.29, 1.82) is 0 Å². The van der Waals surface area contributed by atoms with Gasteiger partial charge < -0.3 is 4.90 Å². The topological polar surface area (TPSA) is 32.3 Å². The van der Waals surface area contributed by atoms with Gasteiger partial charge in [0.2, 0.25) is 5.91 Å². The van der Waals surface area contributed by atoms with Crippen molar-refractivity contribution >= 4 is 5.91 Å². The van der Waals surface area contributed by atoms with E-state index in [2.05, 4.69) is 5.32 Å². The largest absolute Gasteiger partial charge is 0.321 e. The third-order valence-corrected chi connectivity index (χ3v) is 4.52. The second-order valence-electron chi connectivity index (χ2n) is 6.19. The van der Waals surface area contributed by atoms with Crippen molar-refractivity contribution in [1.82, 2.24) is 10.2 Å². The first-order chi connectivity index (χ1) is 9.53. The number of carbonyl (C=O) groups is 1. The Bertz CT molecular complexity index is 529. The Balaban J connectivity index is 1.92. The second kappa shape index (κ2) is 4.85. The molecule has 1 aromatic carbocycles. The second-order valence-corrected chi connectivity index (χ2v) is 6.19. The molecule has 2 unspecified atom stereocenters. The minimum Gasteiger partial charge on any atom is -0.321 e. The number of hydrogen-bond donors (Lipinski definition) is 1. The molecule has 1 aromatic rings. The summed E-state index contributed by atoms with van der Waals surface area (Å²) in [6.07, 6.45) is 2.92. The van der Waals surface area contributed by atoms with Gasteiger partial charge in [-0.2, -0.15) is 0 Å². The third-order valence-electron chi connectivity index (χ3n) is 4.52. The summed E-state index contributed by atoms with van der Waals surface area (Å²) in [6, 6.07) is 6.54. The molecule has 1 aliphatic heterocycles. The molecule has 1 N–H and O–H groups in total. The quantitative estimate of drug-likeness (QED) is 0.917. The van der Waals surface area contributed by atoms with Crippen LogP contribution in [0, 0.1) is 11.7 Å². The Hall–Kier alpha value is -1.42. The predicted octanol–water partition coefficient (Wildman–Crippen LogP) is 2.83. The number of nitrogens with zero attached hydrogens (tertiary/aromatic N) is 1. The zero-order valence-electron chi connectivity index (χ0n) is 12.0. The zero-order chi connectivity index (χ0) is 14.3. The number of halogens is 1. The van der Waals surface area contributed by atoms with Crippen LogP contribution in [0.15, 0.2) is 24.3 Å². The molecule has 2 atom stereocenters. The summed E-state index contributed by atoms with van der Waals surface area (Å²) in [6.45, 7) is 4.73. The molecular formula is C16H21FN2O. The van der Waals surface area contributed by atoms with Gasteiger partial charge in [-0.1, -0.05) is 19.1 Å². The van der Waals surface area contributed by atoms with E-state index in [4.69, 9.17) is 0 Å². The summed E-state index contributed by atoms with van der Waals surface area (Å²) in [5.41, 5.74) is 0.294. The Morgan fingerprint density at radius 2 is 2.20 bits per heavy atom. The fourth-order valence-corrected chi connectivity index (χ4v) is 2.84. The van der Waals surface area contributed by atoms with E-state index >= 15 is 0 Å². The van der Waals surface area contributed by atoms with Crippen molar-refractivity contribution in [3.05, 3.63) is 35.6 Å². The number of amides is 1. The first kappa shape index (κ1) is 13.6. The highest BCUT2D eigenvalue weighted by atomic mass is 19.1. The number of rotatable bonds is 4. The highest BCUT2D eigenvalue weighted by Crippen LogP contribution is 2.38. The minimum atomic E-state index is -0.536. The highest BCUT2D eigenvalue weighted by Gasteiger charge is 2.48. The minimum absolute atomic E-state index is 0.140. The lowest BCUT2D eigenvalue weighted by atomic mass is 9.99. The molecule has 0 aromatic heterocycles. The van der Waals surface area contributed by atoms with Crippen LogP contribution in [-0.4, -0.2) is 22.9 Å². The van der Waals surface area contributed by atoms with Gasteiger partial charge in [0.1, 0.15) is 12.0 Å². The van der Waals surface area contributed by atoms with Crippen LogP contribution in [0.2, 0.25) is 0 Å². The lowest BCUT2D eigenvalue weighted by Gasteiger charge is -2.24. The zero-order valence-corrected chi connectivity index (χ0v) is 12.0. The molecule has 4 heteroatoms. The summed E-state index contributed by atoms with van der Waals surface area (Å²) in [5.74, 6) is 0.505. The third kappa shape index (κ3) is 2.33. The van der Waals surface area contributed by atoms with E-state index in [1.165, 1.54) is 25.0 Å². The van der Waals surface area contributed by atoms with Crippen LogP contribution in [0.3, 0.4) is 0 Å². The van der Waals surface area contributed by atoms with Crippen LogP contribution < -0.4 is 5.32 Å². The number of hydrogen-bond acceptors (Lipinski definition) is 2. The summed E-state index contributed by atoms with van der Waals surface area (Å²) < 4.78 is 13.5. The van der Waals surface area contributed by atoms with Gasteiger partial charge in [0.25, 0.3) is 0 Å². The fourth-order valence-electron chi connectivity index (χ4n) is 2.84. The van der Waals surface area contributed by atoms with Gasteiger partial charge in [-0.15, -0.1) is 0 Å². The molecule has 1 saturated heterocycles. The molecule has 108 valence electrons. The Morgan fingerprint density at radius 3 is 2.80 bits per heavy atom. The molecule has 1 amide bonds. The maximum absolute atomic E-state index is 13.5. The summed E-state index contributed by atoms with van der Waals surface area (Å²) >= 11 is 0. The van der Waals surface area contributed by atoms with E-state index in [0.29, 0.717) is 5.92 Å². The molecule has 2 aliphatic rings. The van der Waals surface area contributed by atoms with E-state index in [9.17, 15) is 9.18 Å². The van der Waals surface area contributed by atoms with E-state index in [-0.39, 0.29) is 17.9 Å². The van der Waals surface area contributed by atoms with Gasteiger partial charge >= 0.3 is 0 Å². The molecule has 2 fully saturated rings. The highest BCUT2D eigenvalue weighted by molar-refractivity contribution is 5.88. The molecule has 0 bridgehead atoms. The van der Waals surface area contributed by atoms with Crippen LogP contribution in [0.4, 0.5) is 4.39 Å². The van der Waals surface area contributed by atoms with Crippen LogP contribution in [0.1, 0.15) is 44.8 Å². The normalized spacial score (nSPS) is 30.1. The van der Waals surface area contributed by atoms with Crippen LogP contribution >= 0.6 is 0 Å². The molecule has 1 aliphatic carbocycles. The van der Waals surface area contributed by atoms with Crippen molar-refractivity contribution < 1.29 is 9.18 Å². The van der Waals surface area contributed by atoms with Crippen molar-refractivity contribution in [3.8, 4) is 0 Å². The summed E-state index contributed by atoms with van der Waals surface area (Å²) in [7, 11) is 0. The van der Waals surface area contributed by atoms with Gasteiger partial charge in [0, 0.05) is 6.54 Å². The maximum atomic E-state index is 13.5. The first-order valence-electron chi connectivity index (χ1n) is 7.38.